The largest absolute Gasteiger partial charge is 0.543 e. The zero-order valence-electron chi connectivity index (χ0n) is 7.56. The van der Waals surface area contributed by atoms with Crippen LogP contribution in [-0.4, -0.2) is 6.36 Å². The number of nitrogens with one attached hydrogen (secondary N) is 1. The van der Waals surface area contributed by atoms with Crippen LogP contribution in [-0.2, 0) is 11.3 Å². The first kappa shape index (κ1) is 10.8. The highest BCUT2D eigenvalue weighted by Gasteiger charge is 2.29. The second kappa shape index (κ2) is 4.32. The summed E-state index contributed by atoms with van der Waals surface area (Å²) in [4.78, 5) is 3.44. The monoisotopic (exact) mass is 205 g/mol. The van der Waals surface area contributed by atoms with Gasteiger partial charge < -0.3 is 0 Å². The van der Waals surface area contributed by atoms with Crippen LogP contribution in [0.15, 0.2) is 24.3 Å². The first-order valence-electron chi connectivity index (χ1n) is 4.11. The van der Waals surface area contributed by atoms with Gasteiger partial charge in [-0.05, 0) is 24.1 Å². The van der Waals surface area contributed by atoms with Crippen LogP contribution >= 0.6 is 0 Å². The van der Waals surface area contributed by atoms with E-state index in [1.807, 2.05) is 12.4 Å². The van der Waals surface area contributed by atoms with Crippen molar-refractivity contribution < 1.29 is 18.0 Å². The van der Waals surface area contributed by atoms with Gasteiger partial charge in [-0.25, -0.2) is 0 Å². The highest BCUT2D eigenvalue weighted by Crippen LogP contribution is 2.18. The van der Waals surface area contributed by atoms with E-state index in [9.17, 15) is 13.2 Å². The molecule has 1 rings (SSSR count). The van der Waals surface area contributed by atoms with Gasteiger partial charge in [0.1, 0.15) is 0 Å². The molecule has 0 saturated heterocycles. The molecule has 78 valence electrons. The van der Waals surface area contributed by atoms with Gasteiger partial charge in [-0.1, -0.05) is 19.1 Å². The Labute approximate surface area is 79.6 Å². The fourth-order valence-corrected chi connectivity index (χ4v) is 0.925. The van der Waals surface area contributed by atoms with Crippen LogP contribution in [0, 0.1) is 0 Å². The number of aryl methyl sites for hydroxylation is 1. The maximum atomic E-state index is 11.6. The average Bonchev–Trinajstić information content (AvgIpc) is 2.14. The van der Waals surface area contributed by atoms with E-state index < -0.39 is 6.36 Å². The zero-order valence-corrected chi connectivity index (χ0v) is 7.56. The van der Waals surface area contributed by atoms with E-state index in [0.717, 1.165) is 12.0 Å². The molecular weight excluding hydrogens is 195 g/mol. The van der Waals surface area contributed by atoms with Crippen LogP contribution in [0.1, 0.15) is 12.5 Å². The minimum atomic E-state index is -4.66. The second-order valence-corrected chi connectivity index (χ2v) is 2.70. The van der Waals surface area contributed by atoms with E-state index in [2.05, 4.69) is 4.84 Å². The lowest BCUT2D eigenvalue weighted by Crippen LogP contribution is -2.17. The summed E-state index contributed by atoms with van der Waals surface area (Å²) in [7, 11) is 0. The Bertz CT molecular complexity index is 281. The van der Waals surface area contributed by atoms with E-state index >= 15 is 0 Å². The summed E-state index contributed by atoms with van der Waals surface area (Å²) in [5.41, 5.74) is 3.15. The molecule has 0 aliphatic rings. The smallest absolute Gasteiger partial charge is 0.258 e. The maximum absolute atomic E-state index is 11.6. The molecule has 0 spiro atoms. The quantitative estimate of drug-likeness (QED) is 0.765. The lowest BCUT2D eigenvalue weighted by Gasteiger charge is -2.09. The minimum absolute atomic E-state index is 0.277. The van der Waals surface area contributed by atoms with E-state index in [4.69, 9.17) is 0 Å². The Morgan fingerprint density at radius 1 is 1.21 bits per heavy atom. The predicted molar refractivity (Wildman–Crippen MR) is 46.6 cm³/mol. The average molecular weight is 205 g/mol. The number of hydrogen-bond donors (Lipinski definition) is 1. The summed E-state index contributed by atoms with van der Waals surface area (Å²) in [6, 6.07) is 6.54. The van der Waals surface area contributed by atoms with E-state index in [0.29, 0.717) is 0 Å². The molecule has 0 aromatic heterocycles. The number of alkyl halides is 3. The Hall–Kier alpha value is -1.23. The van der Waals surface area contributed by atoms with E-state index in [1.54, 1.807) is 12.1 Å². The zero-order chi connectivity index (χ0) is 10.6. The standard InChI is InChI=1S/C9H10F3NO/c1-2-7-3-5-8(6-4-7)13-14-9(10,11)12/h3-6,13H,2H2,1H3. The van der Waals surface area contributed by atoms with E-state index in [-0.39, 0.29) is 5.69 Å². The molecule has 5 heteroatoms. The topological polar surface area (TPSA) is 21.3 Å². The summed E-state index contributed by atoms with van der Waals surface area (Å²) >= 11 is 0. The molecule has 2 nitrogen and oxygen atoms in total. The lowest BCUT2D eigenvalue weighted by molar-refractivity contribution is -0.311. The molecule has 0 amide bonds. The van der Waals surface area contributed by atoms with Crippen LogP contribution in [0.25, 0.3) is 0 Å². The van der Waals surface area contributed by atoms with Crippen LogP contribution in [0.2, 0.25) is 0 Å². The summed E-state index contributed by atoms with van der Waals surface area (Å²) in [6.45, 7) is 1.97. The highest BCUT2D eigenvalue weighted by molar-refractivity contribution is 5.42. The van der Waals surface area contributed by atoms with Crippen molar-refractivity contribution in [2.75, 3.05) is 5.48 Å². The molecule has 1 N–H and O–H groups in total. The fraction of sp³-hybridized carbons (Fsp3) is 0.333. The van der Waals surface area contributed by atoms with Gasteiger partial charge in [0.25, 0.3) is 0 Å². The van der Waals surface area contributed by atoms with Crippen molar-refractivity contribution in [1.29, 1.82) is 0 Å². The highest BCUT2D eigenvalue weighted by atomic mass is 19.4. The first-order valence-corrected chi connectivity index (χ1v) is 4.11. The second-order valence-electron chi connectivity index (χ2n) is 2.70. The molecule has 0 radical (unpaired) electrons. The van der Waals surface area contributed by atoms with Crippen LogP contribution in [0.4, 0.5) is 18.9 Å². The number of benzene rings is 1. The van der Waals surface area contributed by atoms with Gasteiger partial charge in [-0.2, -0.15) is 4.84 Å². The predicted octanol–water partition coefficient (Wildman–Crippen LogP) is 3.11. The number of halogens is 3. The number of rotatable bonds is 3. The van der Waals surface area contributed by atoms with Crippen molar-refractivity contribution in [2.24, 2.45) is 0 Å². The molecule has 0 atom stereocenters. The number of anilines is 1. The van der Waals surface area contributed by atoms with Crippen molar-refractivity contribution >= 4 is 5.69 Å². The van der Waals surface area contributed by atoms with Crippen LogP contribution in [0.5, 0.6) is 0 Å². The van der Waals surface area contributed by atoms with Crippen molar-refractivity contribution in [3.8, 4) is 0 Å². The summed E-state index contributed by atoms with van der Waals surface area (Å²) in [6.07, 6.45) is -3.82. The van der Waals surface area contributed by atoms with Gasteiger partial charge >= 0.3 is 6.36 Å². The summed E-state index contributed by atoms with van der Waals surface area (Å²) in [5, 5.41) is 0. The summed E-state index contributed by atoms with van der Waals surface area (Å²) < 4.78 is 34.8. The SMILES string of the molecule is CCc1ccc(NOC(F)(F)F)cc1. The third-order valence-electron chi connectivity index (χ3n) is 1.65. The fourth-order valence-electron chi connectivity index (χ4n) is 0.925. The minimum Gasteiger partial charge on any atom is -0.258 e. The molecule has 0 aliphatic carbocycles. The van der Waals surface area contributed by atoms with Gasteiger partial charge in [0.2, 0.25) is 0 Å². The molecule has 0 heterocycles. The van der Waals surface area contributed by atoms with Gasteiger partial charge in [0.05, 0.1) is 5.69 Å². The van der Waals surface area contributed by atoms with Crippen LogP contribution in [0.3, 0.4) is 0 Å². The third-order valence-corrected chi connectivity index (χ3v) is 1.65. The van der Waals surface area contributed by atoms with Crippen molar-refractivity contribution in [3.05, 3.63) is 29.8 Å². The normalized spacial score (nSPS) is 11.4. The molecule has 0 unspecified atom stereocenters. The van der Waals surface area contributed by atoms with Crippen molar-refractivity contribution in [1.82, 2.24) is 0 Å². The molecule has 0 saturated carbocycles. The van der Waals surface area contributed by atoms with Gasteiger partial charge in [-0.15, -0.1) is 13.2 Å². The molecule has 0 fully saturated rings. The Kier molecular flexibility index (Phi) is 3.35. The molecule has 1 aromatic carbocycles. The van der Waals surface area contributed by atoms with Gasteiger partial charge in [0.15, 0.2) is 0 Å². The molecular formula is C9H10F3NO. The third kappa shape index (κ3) is 3.66. The first-order chi connectivity index (χ1) is 6.51. The maximum Gasteiger partial charge on any atom is 0.543 e. The number of hydrogen-bond acceptors (Lipinski definition) is 2. The van der Waals surface area contributed by atoms with E-state index in [1.165, 1.54) is 12.1 Å². The van der Waals surface area contributed by atoms with Crippen LogP contribution < -0.4 is 5.48 Å². The van der Waals surface area contributed by atoms with Crippen molar-refractivity contribution in [3.63, 3.8) is 0 Å². The Morgan fingerprint density at radius 3 is 2.21 bits per heavy atom. The Morgan fingerprint density at radius 2 is 1.79 bits per heavy atom. The van der Waals surface area contributed by atoms with Crippen molar-refractivity contribution in [2.45, 2.75) is 19.7 Å². The Balaban J connectivity index is 2.52. The molecule has 0 bridgehead atoms. The molecule has 14 heavy (non-hydrogen) atoms. The van der Waals surface area contributed by atoms with Gasteiger partial charge in [0, 0.05) is 0 Å². The molecule has 0 aliphatic heterocycles. The molecule has 1 aromatic rings. The lowest BCUT2D eigenvalue weighted by atomic mass is 10.2. The summed E-state index contributed by atoms with van der Waals surface area (Å²) in [5.74, 6) is 0. The van der Waals surface area contributed by atoms with Gasteiger partial charge in [-0.3, -0.25) is 5.48 Å².